The molecule has 1 aromatic heterocycles. The average molecular weight is 433 g/mol. The van der Waals surface area contributed by atoms with Crippen LogP contribution in [0.3, 0.4) is 0 Å². The molecule has 0 aliphatic heterocycles. The molecule has 1 N–H and O–H groups in total. The van der Waals surface area contributed by atoms with Gasteiger partial charge in [-0.05, 0) is 44.0 Å². The average Bonchev–Trinajstić information content (AvgIpc) is 3.16. The maximum atomic E-state index is 13.0. The fourth-order valence-corrected chi connectivity index (χ4v) is 3.49. The highest BCUT2D eigenvalue weighted by Gasteiger charge is 2.23. The van der Waals surface area contributed by atoms with E-state index in [-0.39, 0.29) is 23.8 Å². The Morgan fingerprint density at radius 1 is 1.00 bits per heavy atom. The molecule has 3 rings (SSSR count). The highest BCUT2D eigenvalue weighted by molar-refractivity contribution is 6.00. The van der Waals surface area contributed by atoms with Gasteiger partial charge in [0.2, 0.25) is 5.91 Å². The fourth-order valence-electron chi connectivity index (χ4n) is 3.49. The van der Waals surface area contributed by atoms with E-state index in [9.17, 15) is 9.59 Å². The van der Waals surface area contributed by atoms with E-state index >= 15 is 0 Å². The van der Waals surface area contributed by atoms with Gasteiger partial charge >= 0.3 is 0 Å². The summed E-state index contributed by atoms with van der Waals surface area (Å²) in [5.41, 5.74) is 4.16. The molecule has 0 bridgehead atoms. The summed E-state index contributed by atoms with van der Waals surface area (Å²) < 4.78 is 1.77. The molecule has 6 heteroatoms. The van der Waals surface area contributed by atoms with Gasteiger partial charge in [-0.15, -0.1) is 0 Å². The number of nitrogens with one attached hydrogen (secondary N) is 1. The number of rotatable bonds is 6. The van der Waals surface area contributed by atoms with Crippen LogP contribution in [0.2, 0.25) is 0 Å². The van der Waals surface area contributed by atoms with Crippen molar-refractivity contribution >= 4 is 17.6 Å². The molecule has 2 amide bonds. The molecular formula is C26H32N4O2. The quantitative estimate of drug-likeness (QED) is 0.603. The standard InChI is InChI=1S/C26H32N4O2/c1-7-29(25(32)20-14-10-8-12-18(20)2)17-24(31)27-23-16-22(26(4,5)6)28-30(23)21-15-11-9-13-19(21)3/h8-16H,7,17H2,1-6H3,(H,27,31). The number of hydrogen-bond donors (Lipinski definition) is 1. The maximum absolute atomic E-state index is 13.0. The Kier molecular flexibility index (Phi) is 6.82. The highest BCUT2D eigenvalue weighted by atomic mass is 16.2. The largest absolute Gasteiger partial charge is 0.330 e. The molecule has 3 aromatic rings. The number of likely N-dealkylation sites (N-methyl/N-ethyl adjacent to an activating group) is 1. The van der Waals surface area contributed by atoms with Crippen LogP contribution in [-0.4, -0.2) is 39.6 Å². The van der Waals surface area contributed by atoms with Crippen molar-refractivity contribution in [1.82, 2.24) is 14.7 Å². The van der Waals surface area contributed by atoms with Crippen molar-refractivity contribution in [1.29, 1.82) is 0 Å². The van der Waals surface area contributed by atoms with Crippen LogP contribution in [0.15, 0.2) is 54.6 Å². The van der Waals surface area contributed by atoms with E-state index in [0.717, 1.165) is 22.5 Å². The molecule has 0 saturated carbocycles. The number of benzene rings is 2. The zero-order valence-corrected chi connectivity index (χ0v) is 19.8. The summed E-state index contributed by atoms with van der Waals surface area (Å²) in [6, 6.07) is 17.2. The third kappa shape index (κ3) is 5.07. The SMILES string of the molecule is CCN(CC(=O)Nc1cc(C(C)(C)C)nn1-c1ccccc1C)C(=O)c1ccccc1C. The van der Waals surface area contributed by atoms with Crippen molar-refractivity contribution < 1.29 is 9.59 Å². The number of hydrogen-bond acceptors (Lipinski definition) is 3. The molecule has 0 unspecified atom stereocenters. The molecule has 0 saturated heterocycles. The first-order valence-electron chi connectivity index (χ1n) is 10.9. The highest BCUT2D eigenvalue weighted by Crippen LogP contribution is 2.27. The zero-order valence-electron chi connectivity index (χ0n) is 19.8. The van der Waals surface area contributed by atoms with Gasteiger partial charge in [-0.1, -0.05) is 57.2 Å². The molecule has 1 heterocycles. The second-order valence-electron chi connectivity index (χ2n) is 9.05. The number of para-hydroxylation sites is 1. The van der Waals surface area contributed by atoms with Crippen LogP contribution in [0, 0.1) is 13.8 Å². The summed E-state index contributed by atoms with van der Waals surface area (Å²) in [5.74, 6) is 0.182. The molecule has 0 atom stereocenters. The third-order valence-corrected chi connectivity index (χ3v) is 5.47. The van der Waals surface area contributed by atoms with Crippen molar-refractivity contribution in [2.75, 3.05) is 18.4 Å². The van der Waals surface area contributed by atoms with Crippen LogP contribution in [0.5, 0.6) is 0 Å². The van der Waals surface area contributed by atoms with Gasteiger partial charge in [-0.3, -0.25) is 9.59 Å². The molecule has 0 radical (unpaired) electrons. The molecule has 0 spiro atoms. The van der Waals surface area contributed by atoms with Crippen molar-refractivity contribution in [2.24, 2.45) is 0 Å². The molecule has 0 aliphatic carbocycles. The molecule has 0 fully saturated rings. The summed E-state index contributed by atoms with van der Waals surface area (Å²) in [4.78, 5) is 27.5. The Labute approximate surface area is 190 Å². The van der Waals surface area contributed by atoms with E-state index in [2.05, 4.69) is 26.1 Å². The summed E-state index contributed by atoms with van der Waals surface area (Å²) in [7, 11) is 0. The summed E-state index contributed by atoms with van der Waals surface area (Å²) >= 11 is 0. The first kappa shape index (κ1) is 23.3. The lowest BCUT2D eigenvalue weighted by molar-refractivity contribution is -0.116. The predicted molar refractivity (Wildman–Crippen MR) is 128 cm³/mol. The van der Waals surface area contributed by atoms with Gasteiger partial charge in [0.15, 0.2) is 0 Å². The number of carbonyl (C=O) groups excluding carboxylic acids is 2. The zero-order chi connectivity index (χ0) is 23.5. The topological polar surface area (TPSA) is 67.2 Å². The fraction of sp³-hybridized carbons (Fsp3) is 0.346. The Bertz CT molecular complexity index is 1120. The predicted octanol–water partition coefficient (Wildman–Crippen LogP) is 4.89. The first-order chi connectivity index (χ1) is 15.1. The number of anilines is 1. The van der Waals surface area contributed by atoms with E-state index in [1.165, 1.54) is 0 Å². The smallest absolute Gasteiger partial charge is 0.254 e. The molecule has 0 aliphatic rings. The van der Waals surface area contributed by atoms with Gasteiger partial charge in [0, 0.05) is 23.6 Å². The molecule has 32 heavy (non-hydrogen) atoms. The van der Waals surface area contributed by atoms with Gasteiger partial charge in [0.1, 0.15) is 12.4 Å². The molecule has 168 valence electrons. The van der Waals surface area contributed by atoms with Gasteiger partial charge in [0.05, 0.1) is 11.4 Å². The Hall–Kier alpha value is -3.41. The normalized spacial score (nSPS) is 11.3. The van der Waals surface area contributed by atoms with Crippen LogP contribution < -0.4 is 5.32 Å². The van der Waals surface area contributed by atoms with E-state index in [1.807, 2.05) is 69.3 Å². The van der Waals surface area contributed by atoms with E-state index in [1.54, 1.807) is 15.6 Å². The van der Waals surface area contributed by atoms with Crippen LogP contribution in [0.4, 0.5) is 5.82 Å². The maximum Gasteiger partial charge on any atom is 0.254 e. The molecule has 6 nitrogen and oxygen atoms in total. The minimum Gasteiger partial charge on any atom is -0.330 e. The van der Waals surface area contributed by atoms with E-state index in [0.29, 0.717) is 17.9 Å². The van der Waals surface area contributed by atoms with Crippen LogP contribution in [-0.2, 0) is 10.2 Å². The lowest BCUT2D eigenvalue weighted by Crippen LogP contribution is -2.38. The minimum absolute atomic E-state index is 0.0343. The minimum atomic E-state index is -0.260. The van der Waals surface area contributed by atoms with E-state index in [4.69, 9.17) is 5.10 Å². The lowest BCUT2D eigenvalue weighted by atomic mass is 9.92. The molecule has 2 aromatic carbocycles. The van der Waals surface area contributed by atoms with Gasteiger partial charge in [-0.2, -0.15) is 5.10 Å². The lowest BCUT2D eigenvalue weighted by Gasteiger charge is -2.21. The summed E-state index contributed by atoms with van der Waals surface area (Å²) in [6.45, 7) is 12.4. The van der Waals surface area contributed by atoms with Crippen LogP contribution in [0.25, 0.3) is 5.69 Å². The number of amides is 2. The van der Waals surface area contributed by atoms with Crippen molar-refractivity contribution in [3.8, 4) is 5.69 Å². The van der Waals surface area contributed by atoms with Crippen molar-refractivity contribution in [3.63, 3.8) is 0 Å². The van der Waals surface area contributed by atoms with Crippen molar-refractivity contribution in [3.05, 3.63) is 77.0 Å². The van der Waals surface area contributed by atoms with Crippen LogP contribution in [0.1, 0.15) is 54.9 Å². The van der Waals surface area contributed by atoms with E-state index < -0.39 is 0 Å². The number of carbonyl (C=O) groups is 2. The second kappa shape index (κ2) is 9.39. The first-order valence-corrected chi connectivity index (χ1v) is 10.9. The number of aryl methyl sites for hydroxylation is 2. The number of nitrogens with zero attached hydrogens (tertiary/aromatic N) is 3. The third-order valence-electron chi connectivity index (χ3n) is 5.47. The van der Waals surface area contributed by atoms with Gasteiger partial charge in [0.25, 0.3) is 5.91 Å². The van der Waals surface area contributed by atoms with Gasteiger partial charge < -0.3 is 10.2 Å². The van der Waals surface area contributed by atoms with Crippen LogP contribution >= 0.6 is 0 Å². The number of aromatic nitrogens is 2. The Morgan fingerprint density at radius 3 is 2.22 bits per heavy atom. The van der Waals surface area contributed by atoms with Gasteiger partial charge in [-0.25, -0.2) is 4.68 Å². The monoisotopic (exact) mass is 432 g/mol. The Balaban J connectivity index is 1.87. The summed E-state index contributed by atoms with van der Waals surface area (Å²) in [5, 5.41) is 7.76. The molecular weight excluding hydrogens is 400 g/mol. The summed E-state index contributed by atoms with van der Waals surface area (Å²) in [6.07, 6.45) is 0. The Morgan fingerprint density at radius 2 is 1.62 bits per heavy atom. The van der Waals surface area contributed by atoms with Crippen molar-refractivity contribution in [2.45, 2.75) is 47.0 Å². The second-order valence-corrected chi connectivity index (χ2v) is 9.05.